The molecule has 0 nitrogen and oxygen atoms in total. The maximum atomic E-state index is 5.96. The SMILES string of the molecule is CCCc1ccc(C2CCC(CCc3ccc(C=Cc4ccc(Cl)cc4)cc3)CC2)cc1. The molecule has 32 heavy (non-hydrogen) atoms. The van der Waals surface area contributed by atoms with Crippen LogP contribution in [0.25, 0.3) is 12.2 Å². The van der Waals surface area contributed by atoms with Crippen LogP contribution in [0.5, 0.6) is 0 Å². The van der Waals surface area contributed by atoms with Crippen LogP contribution in [0.2, 0.25) is 5.02 Å². The summed E-state index contributed by atoms with van der Waals surface area (Å²) >= 11 is 5.96. The van der Waals surface area contributed by atoms with Crippen molar-refractivity contribution in [3.8, 4) is 0 Å². The summed E-state index contributed by atoms with van der Waals surface area (Å²) in [5.74, 6) is 1.66. The predicted octanol–water partition coefficient (Wildman–Crippen LogP) is 9.37. The van der Waals surface area contributed by atoms with E-state index in [1.807, 2.05) is 24.3 Å². The normalized spacial score (nSPS) is 18.8. The van der Waals surface area contributed by atoms with Gasteiger partial charge in [-0.1, -0.05) is 97.8 Å². The monoisotopic (exact) mass is 442 g/mol. The molecule has 0 spiro atoms. The molecule has 0 unspecified atom stereocenters. The summed E-state index contributed by atoms with van der Waals surface area (Å²) < 4.78 is 0. The van der Waals surface area contributed by atoms with Crippen LogP contribution in [0.1, 0.15) is 79.2 Å². The second-order valence-electron chi connectivity index (χ2n) is 9.37. The molecule has 1 aliphatic rings. The third-order valence-electron chi connectivity index (χ3n) is 7.00. The van der Waals surface area contributed by atoms with E-state index in [2.05, 4.69) is 67.6 Å². The Morgan fingerprint density at radius 2 is 1.22 bits per heavy atom. The van der Waals surface area contributed by atoms with Crippen LogP contribution < -0.4 is 0 Å². The molecule has 0 heterocycles. The fraction of sp³-hybridized carbons (Fsp3) is 0.355. The van der Waals surface area contributed by atoms with E-state index in [4.69, 9.17) is 11.6 Å². The maximum absolute atomic E-state index is 5.96. The van der Waals surface area contributed by atoms with Gasteiger partial charge in [-0.05, 0) is 96.7 Å². The molecule has 3 aromatic carbocycles. The van der Waals surface area contributed by atoms with E-state index in [9.17, 15) is 0 Å². The van der Waals surface area contributed by atoms with Gasteiger partial charge in [0.1, 0.15) is 0 Å². The zero-order valence-electron chi connectivity index (χ0n) is 19.3. The van der Waals surface area contributed by atoms with E-state index in [0.717, 1.165) is 16.9 Å². The molecular formula is C31H35Cl. The first-order chi connectivity index (χ1) is 15.7. The van der Waals surface area contributed by atoms with Crippen LogP contribution >= 0.6 is 11.6 Å². The average molecular weight is 443 g/mol. The topological polar surface area (TPSA) is 0 Å². The number of rotatable bonds is 8. The lowest BCUT2D eigenvalue weighted by Crippen LogP contribution is -2.14. The number of halogens is 1. The standard InChI is InChI=1S/C31H35Cl/c1-2-3-24-12-18-29(19-13-24)30-20-14-27(15-21-30)10-8-25-4-6-26(7-5-25)9-11-28-16-22-31(32)23-17-28/h4-7,9,11-13,16-19,22-23,27,30H,2-3,8,10,14-15,20-21H2,1H3. The number of aryl methyl sites for hydroxylation is 2. The van der Waals surface area contributed by atoms with Gasteiger partial charge in [0.05, 0.1) is 0 Å². The van der Waals surface area contributed by atoms with Crippen molar-refractivity contribution in [2.45, 2.75) is 64.2 Å². The minimum atomic E-state index is 0.772. The minimum Gasteiger partial charge on any atom is -0.0843 e. The van der Waals surface area contributed by atoms with Crippen LogP contribution in [-0.4, -0.2) is 0 Å². The van der Waals surface area contributed by atoms with Gasteiger partial charge in [-0.2, -0.15) is 0 Å². The molecular weight excluding hydrogens is 408 g/mol. The highest BCUT2D eigenvalue weighted by molar-refractivity contribution is 6.30. The average Bonchev–Trinajstić information content (AvgIpc) is 2.84. The number of hydrogen-bond donors (Lipinski definition) is 0. The quantitative estimate of drug-likeness (QED) is 0.305. The lowest BCUT2D eigenvalue weighted by Gasteiger charge is -2.29. The van der Waals surface area contributed by atoms with Crippen molar-refractivity contribution in [2.75, 3.05) is 0 Å². The Morgan fingerprint density at radius 3 is 1.81 bits per heavy atom. The first-order valence-corrected chi connectivity index (χ1v) is 12.7. The molecule has 0 aromatic heterocycles. The molecule has 3 aromatic rings. The molecule has 1 aliphatic carbocycles. The fourth-order valence-electron chi connectivity index (χ4n) is 4.96. The molecule has 0 N–H and O–H groups in total. The fourth-order valence-corrected chi connectivity index (χ4v) is 5.09. The largest absolute Gasteiger partial charge is 0.0843 e. The molecule has 1 saturated carbocycles. The Kier molecular flexibility index (Phi) is 8.24. The molecule has 0 atom stereocenters. The molecule has 166 valence electrons. The number of hydrogen-bond acceptors (Lipinski definition) is 0. The summed E-state index contributed by atoms with van der Waals surface area (Å²) in [4.78, 5) is 0. The van der Waals surface area contributed by atoms with Crippen molar-refractivity contribution in [1.82, 2.24) is 0 Å². The highest BCUT2D eigenvalue weighted by Gasteiger charge is 2.22. The van der Waals surface area contributed by atoms with Crippen molar-refractivity contribution in [2.24, 2.45) is 5.92 Å². The van der Waals surface area contributed by atoms with Crippen LogP contribution in [0.15, 0.2) is 72.8 Å². The van der Waals surface area contributed by atoms with Crippen LogP contribution in [0.3, 0.4) is 0 Å². The second kappa shape index (κ2) is 11.5. The van der Waals surface area contributed by atoms with Gasteiger partial charge in [0.25, 0.3) is 0 Å². The third kappa shape index (κ3) is 6.59. The zero-order valence-corrected chi connectivity index (χ0v) is 20.0. The Hall–Kier alpha value is -2.31. The summed E-state index contributed by atoms with van der Waals surface area (Å²) in [5.41, 5.74) is 6.92. The first kappa shape index (κ1) is 22.9. The Morgan fingerprint density at radius 1 is 0.688 bits per heavy atom. The van der Waals surface area contributed by atoms with Gasteiger partial charge >= 0.3 is 0 Å². The van der Waals surface area contributed by atoms with E-state index in [1.165, 1.54) is 73.6 Å². The van der Waals surface area contributed by atoms with Crippen LogP contribution in [-0.2, 0) is 12.8 Å². The minimum absolute atomic E-state index is 0.772. The molecule has 0 aliphatic heterocycles. The van der Waals surface area contributed by atoms with E-state index in [1.54, 1.807) is 5.56 Å². The van der Waals surface area contributed by atoms with E-state index in [0.29, 0.717) is 0 Å². The summed E-state index contributed by atoms with van der Waals surface area (Å²) in [5, 5.41) is 0.779. The van der Waals surface area contributed by atoms with Gasteiger partial charge in [-0.15, -0.1) is 0 Å². The molecule has 1 fully saturated rings. The summed E-state index contributed by atoms with van der Waals surface area (Å²) in [6.45, 7) is 2.25. The highest BCUT2D eigenvalue weighted by Crippen LogP contribution is 2.37. The van der Waals surface area contributed by atoms with Crippen LogP contribution in [0.4, 0.5) is 0 Å². The Labute approximate surface area is 199 Å². The van der Waals surface area contributed by atoms with Gasteiger partial charge in [-0.3, -0.25) is 0 Å². The van der Waals surface area contributed by atoms with Gasteiger partial charge in [-0.25, -0.2) is 0 Å². The smallest absolute Gasteiger partial charge is 0.0406 e. The van der Waals surface area contributed by atoms with Crippen molar-refractivity contribution in [3.63, 3.8) is 0 Å². The summed E-state index contributed by atoms with van der Waals surface area (Å²) in [6.07, 6.45) is 14.7. The van der Waals surface area contributed by atoms with Gasteiger partial charge < -0.3 is 0 Å². The maximum Gasteiger partial charge on any atom is 0.0406 e. The Bertz CT molecular complexity index is 972. The lowest BCUT2D eigenvalue weighted by atomic mass is 9.77. The summed E-state index contributed by atoms with van der Waals surface area (Å²) in [6, 6.07) is 26.5. The van der Waals surface area contributed by atoms with Crippen molar-refractivity contribution >= 4 is 23.8 Å². The van der Waals surface area contributed by atoms with Crippen LogP contribution in [0, 0.1) is 5.92 Å². The van der Waals surface area contributed by atoms with Crippen molar-refractivity contribution in [3.05, 3.63) is 106 Å². The second-order valence-corrected chi connectivity index (χ2v) is 9.81. The van der Waals surface area contributed by atoms with Gasteiger partial charge in [0.2, 0.25) is 0 Å². The van der Waals surface area contributed by atoms with Gasteiger partial charge in [0, 0.05) is 5.02 Å². The molecule has 0 amide bonds. The number of benzene rings is 3. The summed E-state index contributed by atoms with van der Waals surface area (Å²) in [7, 11) is 0. The van der Waals surface area contributed by atoms with Gasteiger partial charge in [0.15, 0.2) is 0 Å². The molecule has 0 saturated heterocycles. The van der Waals surface area contributed by atoms with E-state index in [-0.39, 0.29) is 0 Å². The molecule has 4 rings (SSSR count). The first-order valence-electron chi connectivity index (χ1n) is 12.3. The molecule has 0 bridgehead atoms. The van der Waals surface area contributed by atoms with Crippen molar-refractivity contribution in [1.29, 1.82) is 0 Å². The third-order valence-corrected chi connectivity index (χ3v) is 7.25. The molecule has 1 heteroatoms. The van der Waals surface area contributed by atoms with E-state index >= 15 is 0 Å². The molecule has 0 radical (unpaired) electrons. The van der Waals surface area contributed by atoms with Crippen molar-refractivity contribution < 1.29 is 0 Å². The Balaban J connectivity index is 1.22. The zero-order chi connectivity index (χ0) is 22.2. The highest BCUT2D eigenvalue weighted by atomic mass is 35.5. The van der Waals surface area contributed by atoms with E-state index < -0.39 is 0 Å². The lowest BCUT2D eigenvalue weighted by molar-refractivity contribution is 0.310. The predicted molar refractivity (Wildman–Crippen MR) is 140 cm³/mol.